The number of benzene rings is 6. The Hall–Kier alpha value is -6.72. The first-order chi connectivity index (χ1) is 25.9. The fraction of sp³-hybridized carbons (Fsp3) is 0.0417. The molecule has 0 aliphatic carbocycles. The highest BCUT2D eigenvalue weighted by atomic mass is 19.1. The summed E-state index contributed by atoms with van der Waals surface area (Å²) < 4.78 is 31.9. The number of hydrogen-bond donors (Lipinski definition) is 0. The second-order valence-corrected chi connectivity index (χ2v) is 13.1. The minimum Gasteiger partial charge on any atom is -0.310 e. The molecule has 0 unspecified atom stereocenters. The van der Waals surface area contributed by atoms with Crippen molar-refractivity contribution in [2.45, 2.75) is 13.8 Å². The number of pyridine rings is 2. The summed E-state index contributed by atoms with van der Waals surface area (Å²) in [6.45, 7) is 4.04. The average molecular weight is 692 g/mol. The summed E-state index contributed by atoms with van der Waals surface area (Å²) in [4.78, 5) is 11.4. The molecule has 0 aliphatic rings. The van der Waals surface area contributed by atoms with Gasteiger partial charge >= 0.3 is 0 Å². The lowest BCUT2D eigenvalue weighted by atomic mass is 9.98. The molecule has 0 saturated heterocycles. The average Bonchev–Trinajstić information content (AvgIpc) is 3.19. The normalized spacial score (nSPS) is 11.0. The van der Waals surface area contributed by atoms with E-state index in [-0.39, 0.29) is 0 Å². The Balaban J connectivity index is 1.32. The lowest BCUT2D eigenvalue weighted by molar-refractivity contribution is 0.627. The van der Waals surface area contributed by atoms with E-state index in [4.69, 9.17) is 9.97 Å². The molecule has 0 atom stereocenters. The van der Waals surface area contributed by atoms with Crippen molar-refractivity contribution in [2.75, 3.05) is 4.90 Å². The van der Waals surface area contributed by atoms with Gasteiger partial charge in [0.1, 0.15) is 11.6 Å². The van der Waals surface area contributed by atoms with E-state index in [2.05, 4.69) is 24.3 Å². The molecule has 2 heterocycles. The highest BCUT2D eigenvalue weighted by molar-refractivity contribution is 5.90. The Kier molecular flexibility index (Phi) is 9.14. The smallest absolute Gasteiger partial charge is 0.125 e. The molecule has 53 heavy (non-hydrogen) atoms. The van der Waals surface area contributed by atoms with Crippen LogP contribution >= 0.6 is 0 Å². The van der Waals surface area contributed by atoms with Crippen molar-refractivity contribution >= 4 is 17.1 Å². The molecule has 0 amide bonds. The number of nitrogens with zero attached hydrogens (tertiary/aromatic N) is 3. The summed E-state index contributed by atoms with van der Waals surface area (Å²) in [5.74, 6) is -0.875. The van der Waals surface area contributed by atoms with Gasteiger partial charge in [-0.1, -0.05) is 109 Å². The van der Waals surface area contributed by atoms with Crippen LogP contribution in [0.15, 0.2) is 176 Å². The zero-order chi connectivity index (χ0) is 36.3. The highest BCUT2D eigenvalue weighted by Crippen LogP contribution is 2.43. The summed E-state index contributed by atoms with van der Waals surface area (Å²) in [5.41, 5.74) is 12.3. The maximum atomic E-state index is 16.0. The third kappa shape index (κ3) is 6.97. The third-order valence-electron chi connectivity index (χ3n) is 9.48. The van der Waals surface area contributed by atoms with Crippen LogP contribution < -0.4 is 4.90 Å². The van der Waals surface area contributed by atoms with Crippen molar-refractivity contribution in [1.29, 1.82) is 0 Å². The summed E-state index contributed by atoms with van der Waals surface area (Å²) in [6.07, 6.45) is 3.64. The lowest BCUT2D eigenvalue weighted by Crippen LogP contribution is -2.12. The van der Waals surface area contributed by atoms with Crippen molar-refractivity contribution < 1.29 is 8.78 Å². The van der Waals surface area contributed by atoms with E-state index >= 15 is 8.78 Å². The summed E-state index contributed by atoms with van der Waals surface area (Å²) in [7, 11) is 0. The molecule has 5 heteroatoms. The van der Waals surface area contributed by atoms with Gasteiger partial charge in [0.2, 0.25) is 0 Å². The van der Waals surface area contributed by atoms with Crippen LogP contribution in [0.3, 0.4) is 0 Å². The van der Waals surface area contributed by atoms with Crippen molar-refractivity contribution in [2.24, 2.45) is 0 Å². The van der Waals surface area contributed by atoms with E-state index in [1.165, 1.54) is 24.3 Å². The standard InChI is InChI=1S/C48H35F2N3/c1-32-30-51-46(28-44(32)35-16-8-4-9-17-35)37-22-39(49)26-41(24-37)53(48-21-13-12-20-43(48)34-14-6-3-7-15-34)42-25-38(23-40(50)27-42)47-29-45(33(2)31-52-47)36-18-10-5-11-19-36/h3-31H,1-2H3. The zero-order valence-electron chi connectivity index (χ0n) is 29.3. The van der Waals surface area contributed by atoms with Crippen molar-refractivity contribution in [3.63, 3.8) is 0 Å². The maximum absolute atomic E-state index is 16.0. The Morgan fingerprint density at radius 2 is 0.792 bits per heavy atom. The summed E-state index contributed by atoms with van der Waals surface area (Å²) >= 11 is 0. The molecule has 0 N–H and O–H groups in total. The van der Waals surface area contributed by atoms with Gasteiger partial charge in [-0.25, -0.2) is 8.78 Å². The Bertz CT molecular complexity index is 2410. The first kappa shape index (κ1) is 33.4. The predicted octanol–water partition coefficient (Wildman–Crippen LogP) is 13.2. The maximum Gasteiger partial charge on any atom is 0.125 e. The first-order valence-corrected chi connectivity index (χ1v) is 17.5. The predicted molar refractivity (Wildman–Crippen MR) is 213 cm³/mol. The van der Waals surface area contributed by atoms with E-state index in [9.17, 15) is 0 Å². The van der Waals surface area contributed by atoms with Gasteiger partial charge in [-0.3, -0.25) is 9.97 Å². The molecule has 256 valence electrons. The second kappa shape index (κ2) is 14.5. The van der Waals surface area contributed by atoms with E-state index in [0.29, 0.717) is 33.9 Å². The van der Waals surface area contributed by atoms with Gasteiger partial charge in [0.15, 0.2) is 0 Å². The second-order valence-electron chi connectivity index (χ2n) is 13.1. The number of aromatic nitrogens is 2. The lowest BCUT2D eigenvalue weighted by Gasteiger charge is -2.29. The molecule has 6 aromatic carbocycles. The highest BCUT2D eigenvalue weighted by Gasteiger charge is 2.21. The van der Waals surface area contributed by atoms with Crippen LogP contribution in [-0.4, -0.2) is 9.97 Å². The van der Waals surface area contributed by atoms with Gasteiger partial charge in [-0.15, -0.1) is 0 Å². The van der Waals surface area contributed by atoms with E-state index in [1.54, 1.807) is 0 Å². The molecule has 0 spiro atoms. The van der Waals surface area contributed by atoms with Crippen LogP contribution in [0.2, 0.25) is 0 Å². The van der Waals surface area contributed by atoms with E-state index < -0.39 is 11.6 Å². The minimum atomic E-state index is -0.437. The van der Waals surface area contributed by atoms with Gasteiger partial charge in [0.25, 0.3) is 0 Å². The van der Waals surface area contributed by atoms with Crippen molar-refractivity contribution in [3.05, 3.63) is 199 Å². The van der Waals surface area contributed by atoms with Crippen LogP contribution in [0.1, 0.15) is 11.1 Å². The molecule has 8 aromatic rings. The number of anilines is 3. The molecule has 8 rings (SSSR count). The van der Waals surface area contributed by atoms with Crippen molar-refractivity contribution in [3.8, 4) is 55.9 Å². The quantitative estimate of drug-likeness (QED) is 0.159. The third-order valence-corrected chi connectivity index (χ3v) is 9.48. The van der Waals surface area contributed by atoms with Crippen LogP contribution in [0.25, 0.3) is 55.9 Å². The Labute approximate surface area is 308 Å². The number of hydrogen-bond acceptors (Lipinski definition) is 3. The SMILES string of the molecule is Cc1cnc(-c2cc(F)cc(N(c3cc(F)cc(-c4cc(-c5ccccc5)c(C)cn4)c3)c3ccccc3-c3ccccc3)c2)cc1-c1ccccc1. The molecule has 0 aliphatic heterocycles. The van der Waals surface area contributed by atoms with E-state index in [1.807, 2.05) is 146 Å². The Morgan fingerprint density at radius 3 is 1.25 bits per heavy atom. The molecule has 0 fully saturated rings. The zero-order valence-corrected chi connectivity index (χ0v) is 29.3. The fourth-order valence-corrected chi connectivity index (χ4v) is 6.88. The first-order valence-electron chi connectivity index (χ1n) is 17.5. The van der Waals surface area contributed by atoms with Gasteiger partial charge < -0.3 is 4.90 Å². The molecular weight excluding hydrogens is 657 g/mol. The number of halogens is 2. The summed E-state index contributed by atoms with van der Waals surface area (Å²) in [6, 6.07) is 51.9. The largest absolute Gasteiger partial charge is 0.310 e. The molecular formula is C48H35F2N3. The molecule has 0 radical (unpaired) electrons. The van der Waals surface area contributed by atoms with Gasteiger partial charge in [-0.05, 0) is 107 Å². The number of aryl methyl sites for hydroxylation is 2. The van der Waals surface area contributed by atoms with Crippen LogP contribution in [0, 0.1) is 25.5 Å². The molecule has 2 aromatic heterocycles. The minimum absolute atomic E-state index is 0.437. The monoisotopic (exact) mass is 691 g/mol. The van der Waals surface area contributed by atoms with Crippen LogP contribution in [0.4, 0.5) is 25.8 Å². The Morgan fingerprint density at radius 1 is 0.396 bits per heavy atom. The number of rotatable bonds is 8. The number of para-hydroxylation sites is 1. The topological polar surface area (TPSA) is 29.0 Å². The van der Waals surface area contributed by atoms with E-state index in [0.717, 1.165) is 50.2 Å². The molecule has 3 nitrogen and oxygen atoms in total. The fourth-order valence-electron chi connectivity index (χ4n) is 6.88. The summed E-state index contributed by atoms with van der Waals surface area (Å²) in [5, 5.41) is 0. The van der Waals surface area contributed by atoms with Crippen LogP contribution in [-0.2, 0) is 0 Å². The molecule has 0 saturated carbocycles. The van der Waals surface area contributed by atoms with Gasteiger partial charge in [0.05, 0.1) is 17.1 Å². The van der Waals surface area contributed by atoms with Crippen LogP contribution in [0.5, 0.6) is 0 Å². The van der Waals surface area contributed by atoms with Crippen molar-refractivity contribution in [1.82, 2.24) is 9.97 Å². The molecule has 0 bridgehead atoms. The van der Waals surface area contributed by atoms with Gasteiger partial charge in [-0.2, -0.15) is 0 Å². The van der Waals surface area contributed by atoms with Gasteiger partial charge in [0, 0.05) is 40.5 Å².